The van der Waals surface area contributed by atoms with Gasteiger partial charge in [-0.2, -0.15) is 0 Å². The third-order valence-electron chi connectivity index (χ3n) is 9.83. The molecule has 3 aromatic heterocycles. The van der Waals surface area contributed by atoms with Crippen molar-refractivity contribution < 1.29 is 25.6 Å². The van der Waals surface area contributed by atoms with Gasteiger partial charge in [-0.25, -0.2) is 4.39 Å². The molecule has 1 atom stereocenters. The molecule has 0 aliphatic carbocycles. The van der Waals surface area contributed by atoms with Crippen molar-refractivity contribution in [3.63, 3.8) is 0 Å². The molecule has 0 radical (unpaired) electrons. The van der Waals surface area contributed by atoms with E-state index in [0.717, 1.165) is 42.2 Å². The molecule has 5 rings (SSSR count). The average molecular weight is 878 g/mol. The Balaban J connectivity index is 0.991. The SMILES string of the molecule is CCCCC[C@@H](C)Oc1ccc(-c2ccc(-c3ccc(-c4ccc(CCCCCCCCCC[Si]5(C)O[Si](C)(C)O[Si](C)(C)O[Si](C)(C)O5)s4)s3)s2)cc1F. The Hall–Kier alpha value is -1.24. The second-order valence-corrected chi connectivity index (χ2v) is 34.5. The van der Waals surface area contributed by atoms with Crippen LogP contribution in [-0.4, -0.2) is 40.3 Å². The molecule has 0 N–H and O–H groups in total. The fraction of sp³-hybridized carbons (Fsp3) is 0.571. The van der Waals surface area contributed by atoms with Crippen LogP contribution in [0.2, 0.25) is 51.9 Å². The summed E-state index contributed by atoms with van der Waals surface area (Å²) < 4.78 is 47.4. The number of thiophene rings is 3. The van der Waals surface area contributed by atoms with Crippen LogP contribution in [0, 0.1) is 5.82 Å². The third kappa shape index (κ3) is 14.2. The van der Waals surface area contributed by atoms with Gasteiger partial charge in [0.2, 0.25) is 0 Å². The van der Waals surface area contributed by atoms with Gasteiger partial charge >= 0.3 is 34.2 Å². The lowest BCUT2D eigenvalue weighted by Gasteiger charge is -2.47. The summed E-state index contributed by atoms with van der Waals surface area (Å²) in [4.78, 5) is 7.68. The first-order chi connectivity index (χ1) is 26.0. The van der Waals surface area contributed by atoms with Crippen LogP contribution >= 0.6 is 34.0 Å². The van der Waals surface area contributed by atoms with Crippen molar-refractivity contribution in [1.29, 1.82) is 0 Å². The van der Waals surface area contributed by atoms with Gasteiger partial charge < -0.3 is 21.2 Å². The first kappa shape index (κ1) is 44.9. The van der Waals surface area contributed by atoms with Crippen molar-refractivity contribution in [3.8, 4) is 35.7 Å². The molecule has 304 valence electrons. The summed E-state index contributed by atoms with van der Waals surface area (Å²) in [6.45, 7) is 19.3. The topological polar surface area (TPSA) is 46.2 Å². The zero-order valence-corrected chi connectivity index (χ0v) is 41.3. The van der Waals surface area contributed by atoms with E-state index < -0.39 is 34.2 Å². The average Bonchev–Trinajstić information content (AvgIpc) is 3.86. The first-order valence-electron chi connectivity index (χ1n) is 20.6. The van der Waals surface area contributed by atoms with E-state index >= 15 is 0 Å². The molecule has 0 saturated carbocycles. The molecule has 1 saturated heterocycles. The number of rotatable bonds is 20. The lowest BCUT2D eigenvalue weighted by Crippen LogP contribution is -2.64. The minimum Gasteiger partial charge on any atom is -0.488 e. The van der Waals surface area contributed by atoms with Crippen molar-refractivity contribution in [1.82, 2.24) is 0 Å². The number of benzene rings is 1. The predicted octanol–water partition coefficient (Wildman–Crippen LogP) is 15.3. The Morgan fingerprint density at radius 1 is 0.582 bits per heavy atom. The molecule has 1 aliphatic heterocycles. The Morgan fingerprint density at radius 3 is 1.69 bits per heavy atom. The fourth-order valence-electron chi connectivity index (χ4n) is 7.80. The molecule has 1 fully saturated rings. The van der Waals surface area contributed by atoms with Gasteiger partial charge in [-0.15, -0.1) is 34.0 Å². The van der Waals surface area contributed by atoms with Crippen molar-refractivity contribution in [2.75, 3.05) is 0 Å². The molecule has 4 heterocycles. The molecule has 4 aromatic rings. The highest BCUT2D eigenvalue weighted by Crippen LogP contribution is 2.42. The Bertz CT molecular complexity index is 1770. The predicted molar refractivity (Wildman–Crippen MR) is 244 cm³/mol. The molecular formula is C42H65FO5S3Si4. The Kier molecular flexibility index (Phi) is 16.4. The quantitative estimate of drug-likeness (QED) is 0.0654. The second-order valence-electron chi connectivity index (χ2n) is 16.7. The maximum absolute atomic E-state index is 15.0. The highest BCUT2D eigenvalue weighted by Gasteiger charge is 2.52. The highest BCUT2D eigenvalue weighted by atomic mass is 32.1. The number of hydrogen-bond acceptors (Lipinski definition) is 8. The standard InChI is InChI=1S/C42H65FO5S3Si4/c1-10-11-18-21-33(2)44-37-25-23-34(32-36(37)43)38-27-28-41(50-38)42-30-29-40(51-42)39-26-24-35(49-39)22-19-16-14-12-13-15-17-20-31-55(9)47-53(5,6)45-52(3,4)46-54(7,8)48-55/h23-30,32-33H,10-22,31H2,1-9H3/t33-/m1/s1. The van der Waals surface area contributed by atoms with Gasteiger partial charge in [0.1, 0.15) is 0 Å². The maximum atomic E-state index is 15.0. The van der Waals surface area contributed by atoms with Crippen molar-refractivity contribution >= 4 is 68.3 Å². The van der Waals surface area contributed by atoms with E-state index in [-0.39, 0.29) is 11.9 Å². The van der Waals surface area contributed by atoms with Crippen LogP contribution in [0.3, 0.4) is 0 Å². The van der Waals surface area contributed by atoms with Crippen LogP contribution in [-0.2, 0) is 22.9 Å². The zero-order valence-electron chi connectivity index (χ0n) is 34.8. The Morgan fingerprint density at radius 2 is 1.09 bits per heavy atom. The van der Waals surface area contributed by atoms with E-state index in [1.165, 1.54) is 82.2 Å². The fourth-order valence-corrected chi connectivity index (χ4v) is 32.7. The molecule has 55 heavy (non-hydrogen) atoms. The number of aryl methyl sites for hydroxylation is 1. The van der Waals surface area contributed by atoms with Gasteiger partial charge in [-0.3, -0.25) is 0 Å². The minimum atomic E-state index is -2.34. The van der Waals surface area contributed by atoms with E-state index in [2.05, 4.69) is 89.2 Å². The molecule has 5 nitrogen and oxygen atoms in total. The lowest BCUT2D eigenvalue weighted by molar-refractivity contribution is 0.198. The van der Waals surface area contributed by atoms with Gasteiger partial charge in [0.05, 0.1) is 6.10 Å². The van der Waals surface area contributed by atoms with Gasteiger partial charge in [-0.05, 0) is 145 Å². The van der Waals surface area contributed by atoms with E-state index in [1.54, 1.807) is 23.5 Å². The lowest BCUT2D eigenvalue weighted by atomic mass is 10.1. The van der Waals surface area contributed by atoms with Gasteiger partial charge in [-0.1, -0.05) is 64.7 Å². The minimum absolute atomic E-state index is 0.0133. The van der Waals surface area contributed by atoms with Gasteiger partial charge in [0.25, 0.3) is 0 Å². The van der Waals surface area contributed by atoms with Crippen molar-refractivity contribution in [2.24, 2.45) is 0 Å². The number of unbranched alkanes of at least 4 members (excludes halogenated alkanes) is 9. The maximum Gasteiger partial charge on any atom is 0.317 e. The second kappa shape index (κ2) is 20.1. The molecule has 0 unspecified atom stereocenters. The first-order valence-corrected chi connectivity index (χ1v) is 34.0. The van der Waals surface area contributed by atoms with Crippen molar-refractivity contribution in [3.05, 3.63) is 65.3 Å². The summed E-state index contributed by atoms with van der Waals surface area (Å²) in [6, 6.07) is 19.7. The molecule has 1 aromatic carbocycles. The molecule has 13 heteroatoms. The van der Waals surface area contributed by atoms with Crippen LogP contribution in [0.1, 0.15) is 95.8 Å². The van der Waals surface area contributed by atoms with Crippen LogP contribution < -0.4 is 4.74 Å². The van der Waals surface area contributed by atoms with E-state index in [4.69, 9.17) is 21.2 Å². The summed E-state index contributed by atoms with van der Waals surface area (Å²) in [6.07, 6.45) is 15.7. The van der Waals surface area contributed by atoms with E-state index in [1.807, 2.05) is 35.7 Å². The summed E-state index contributed by atoms with van der Waals surface area (Å²) in [5.74, 6) is 0.0532. The van der Waals surface area contributed by atoms with Crippen LogP contribution in [0.5, 0.6) is 5.75 Å². The number of ether oxygens (including phenoxy) is 1. The molecule has 1 aliphatic rings. The summed E-state index contributed by atoms with van der Waals surface area (Å²) >= 11 is 5.49. The largest absolute Gasteiger partial charge is 0.488 e. The van der Waals surface area contributed by atoms with Crippen LogP contribution in [0.15, 0.2) is 54.6 Å². The number of hydrogen-bond donors (Lipinski definition) is 0. The van der Waals surface area contributed by atoms with E-state index in [9.17, 15) is 4.39 Å². The van der Waals surface area contributed by atoms with Crippen LogP contribution in [0.4, 0.5) is 4.39 Å². The smallest absolute Gasteiger partial charge is 0.317 e. The summed E-state index contributed by atoms with van der Waals surface area (Å²) in [5, 5.41) is 0. The normalized spacial score (nSPS) is 18.1. The molecule has 0 bridgehead atoms. The zero-order chi connectivity index (χ0) is 39.7. The molecular weight excluding hydrogens is 812 g/mol. The monoisotopic (exact) mass is 876 g/mol. The summed E-state index contributed by atoms with van der Waals surface area (Å²) in [7, 11) is -9.16. The van der Waals surface area contributed by atoms with Gasteiger partial charge in [0, 0.05) is 29.3 Å². The van der Waals surface area contributed by atoms with E-state index in [0.29, 0.717) is 5.75 Å². The molecule has 0 spiro atoms. The Labute approximate surface area is 348 Å². The third-order valence-corrected chi connectivity index (χ3v) is 30.1. The van der Waals surface area contributed by atoms with Crippen LogP contribution in [0.25, 0.3) is 29.9 Å². The number of halogens is 1. The summed E-state index contributed by atoms with van der Waals surface area (Å²) in [5.41, 5.74) is 0.894. The van der Waals surface area contributed by atoms with Crippen molar-refractivity contribution in [2.45, 2.75) is 155 Å². The van der Waals surface area contributed by atoms with Gasteiger partial charge in [0.15, 0.2) is 11.6 Å². The highest BCUT2D eigenvalue weighted by molar-refractivity contribution is 7.27. The molecule has 0 amide bonds.